The number of nitrogens with zero attached hydrogens (tertiary/aromatic N) is 4. The average Bonchev–Trinajstić information content (AvgIpc) is 2.74. The number of carbonyl (C=O) groups excluding carboxylic acids is 1. The molecule has 4 rings (SSSR count). The number of aromatic nitrogens is 2. The topological polar surface area (TPSA) is 49.3 Å². The number of hydrogen-bond donors (Lipinski definition) is 0. The molecule has 1 saturated heterocycles. The SMILES string of the molecule is Cc1ccccc1-c1ccc(N2CCN(C(=O)c3ccccc3)CC2)nn1. The largest absolute Gasteiger partial charge is 0.352 e. The summed E-state index contributed by atoms with van der Waals surface area (Å²) in [4.78, 5) is 16.6. The van der Waals surface area contributed by atoms with E-state index in [0.29, 0.717) is 13.1 Å². The third-order valence-electron chi connectivity index (χ3n) is 4.98. The Balaban J connectivity index is 1.41. The Hall–Kier alpha value is -3.21. The van der Waals surface area contributed by atoms with Gasteiger partial charge in [0.1, 0.15) is 0 Å². The molecule has 27 heavy (non-hydrogen) atoms. The van der Waals surface area contributed by atoms with Crippen LogP contribution >= 0.6 is 0 Å². The van der Waals surface area contributed by atoms with Gasteiger partial charge in [-0.3, -0.25) is 4.79 Å². The van der Waals surface area contributed by atoms with Crippen molar-refractivity contribution in [2.24, 2.45) is 0 Å². The Morgan fingerprint density at radius 3 is 2.19 bits per heavy atom. The Labute approximate surface area is 159 Å². The molecule has 3 aromatic rings. The van der Waals surface area contributed by atoms with E-state index in [4.69, 9.17) is 0 Å². The highest BCUT2D eigenvalue weighted by Gasteiger charge is 2.23. The standard InChI is InChI=1S/C22H22N4O/c1-17-7-5-6-10-19(17)20-11-12-21(24-23-20)25-13-15-26(16-14-25)22(27)18-8-3-2-4-9-18/h2-12H,13-16H2,1H3. The van der Waals surface area contributed by atoms with Crippen molar-refractivity contribution < 1.29 is 4.79 Å². The van der Waals surface area contributed by atoms with Gasteiger partial charge in [-0.1, -0.05) is 42.5 Å². The summed E-state index contributed by atoms with van der Waals surface area (Å²) >= 11 is 0. The lowest BCUT2D eigenvalue weighted by Gasteiger charge is -2.35. The normalized spacial score (nSPS) is 14.3. The Morgan fingerprint density at radius 1 is 0.815 bits per heavy atom. The van der Waals surface area contributed by atoms with Crippen LogP contribution in [0.4, 0.5) is 5.82 Å². The second-order valence-electron chi connectivity index (χ2n) is 6.74. The molecule has 136 valence electrons. The van der Waals surface area contributed by atoms with Gasteiger partial charge in [-0.25, -0.2) is 0 Å². The van der Waals surface area contributed by atoms with E-state index in [1.165, 1.54) is 5.56 Å². The van der Waals surface area contributed by atoms with Crippen LogP contribution in [0.2, 0.25) is 0 Å². The summed E-state index contributed by atoms with van der Waals surface area (Å²) in [7, 11) is 0. The van der Waals surface area contributed by atoms with Gasteiger partial charge in [0, 0.05) is 37.3 Å². The van der Waals surface area contributed by atoms with E-state index in [1.807, 2.05) is 59.5 Å². The maximum absolute atomic E-state index is 12.6. The highest BCUT2D eigenvalue weighted by molar-refractivity contribution is 5.94. The van der Waals surface area contributed by atoms with Crippen LogP contribution in [-0.4, -0.2) is 47.2 Å². The summed E-state index contributed by atoms with van der Waals surface area (Å²) < 4.78 is 0. The summed E-state index contributed by atoms with van der Waals surface area (Å²) in [6.45, 7) is 4.98. The van der Waals surface area contributed by atoms with Gasteiger partial charge in [-0.05, 0) is 36.8 Å². The molecule has 2 aromatic carbocycles. The molecule has 1 aromatic heterocycles. The van der Waals surface area contributed by atoms with Crippen molar-refractivity contribution in [3.8, 4) is 11.3 Å². The summed E-state index contributed by atoms with van der Waals surface area (Å²) in [5, 5.41) is 8.83. The fraction of sp³-hybridized carbons (Fsp3) is 0.227. The number of aryl methyl sites for hydroxylation is 1. The molecular weight excluding hydrogens is 336 g/mol. The van der Waals surface area contributed by atoms with Gasteiger partial charge in [-0.2, -0.15) is 0 Å². The monoisotopic (exact) mass is 358 g/mol. The Morgan fingerprint density at radius 2 is 1.52 bits per heavy atom. The van der Waals surface area contributed by atoms with Crippen molar-refractivity contribution >= 4 is 11.7 Å². The van der Waals surface area contributed by atoms with Crippen LogP contribution in [-0.2, 0) is 0 Å². The van der Waals surface area contributed by atoms with E-state index in [2.05, 4.69) is 34.2 Å². The van der Waals surface area contributed by atoms with Crippen LogP contribution in [0.5, 0.6) is 0 Å². The van der Waals surface area contributed by atoms with Gasteiger partial charge >= 0.3 is 0 Å². The Bertz CT molecular complexity index is 917. The zero-order valence-electron chi connectivity index (χ0n) is 15.4. The first-order valence-corrected chi connectivity index (χ1v) is 9.21. The lowest BCUT2D eigenvalue weighted by atomic mass is 10.1. The molecule has 0 N–H and O–H groups in total. The molecular formula is C22H22N4O. The number of anilines is 1. The molecule has 0 radical (unpaired) electrons. The summed E-state index contributed by atoms with van der Waals surface area (Å²) in [6, 6.07) is 21.7. The lowest BCUT2D eigenvalue weighted by molar-refractivity contribution is 0.0746. The molecule has 0 spiro atoms. The number of benzene rings is 2. The van der Waals surface area contributed by atoms with Crippen LogP contribution in [0.1, 0.15) is 15.9 Å². The van der Waals surface area contributed by atoms with Crippen molar-refractivity contribution in [3.05, 3.63) is 77.9 Å². The smallest absolute Gasteiger partial charge is 0.253 e. The van der Waals surface area contributed by atoms with E-state index in [-0.39, 0.29) is 5.91 Å². The molecule has 0 saturated carbocycles. The minimum absolute atomic E-state index is 0.0937. The van der Waals surface area contributed by atoms with Crippen molar-refractivity contribution in [1.82, 2.24) is 15.1 Å². The van der Waals surface area contributed by atoms with Crippen LogP contribution in [0.25, 0.3) is 11.3 Å². The highest BCUT2D eigenvalue weighted by atomic mass is 16.2. The number of rotatable bonds is 3. The number of piperazine rings is 1. The maximum Gasteiger partial charge on any atom is 0.253 e. The van der Waals surface area contributed by atoms with Gasteiger partial charge in [-0.15, -0.1) is 10.2 Å². The van der Waals surface area contributed by atoms with Crippen molar-refractivity contribution in [3.63, 3.8) is 0 Å². The molecule has 5 nitrogen and oxygen atoms in total. The van der Waals surface area contributed by atoms with Crippen molar-refractivity contribution in [1.29, 1.82) is 0 Å². The molecule has 5 heteroatoms. The second-order valence-corrected chi connectivity index (χ2v) is 6.74. The highest BCUT2D eigenvalue weighted by Crippen LogP contribution is 2.22. The molecule has 0 aliphatic carbocycles. The first-order valence-electron chi connectivity index (χ1n) is 9.21. The molecule has 0 unspecified atom stereocenters. The van der Waals surface area contributed by atoms with Crippen molar-refractivity contribution in [2.75, 3.05) is 31.1 Å². The molecule has 1 fully saturated rings. The lowest BCUT2D eigenvalue weighted by Crippen LogP contribution is -2.49. The fourth-order valence-electron chi connectivity index (χ4n) is 3.40. The maximum atomic E-state index is 12.6. The average molecular weight is 358 g/mol. The molecule has 1 aliphatic heterocycles. The third kappa shape index (κ3) is 3.67. The third-order valence-corrected chi connectivity index (χ3v) is 4.98. The quantitative estimate of drug-likeness (QED) is 0.720. The predicted molar refractivity (Wildman–Crippen MR) is 107 cm³/mol. The number of amides is 1. The summed E-state index contributed by atoms with van der Waals surface area (Å²) in [6.07, 6.45) is 0. The first-order chi connectivity index (χ1) is 13.2. The molecule has 1 aliphatic rings. The van der Waals surface area contributed by atoms with Gasteiger partial charge in [0.15, 0.2) is 5.82 Å². The van der Waals surface area contributed by atoms with E-state index < -0.39 is 0 Å². The summed E-state index contributed by atoms with van der Waals surface area (Å²) in [5.74, 6) is 0.954. The second kappa shape index (κ2) is 7.58. The van der Waals surface area contributed by atoms with Crippen LogP contribution in [0.3, 0.4) is 0 Å². The van der Waals surface area contributed by atoms with Crippen LogP contribution in [0, 0.1) is 6.92 Å². The van der Waals surface area contributed by atoms with Gasteiger partial charge in [0.05, 0.1) is 5.69 Å². The van der Waals surface area contributed by atoms with Gasteiger partial charge < -0.3 is 9.80 Å². The minimum Gasteiger partial charge on any atom is -0.352 e. The molecule has 0 bridgehead atoms. The van der Waals surface area contributed by atoms with Gasteiger partial charge in [0.25, 0.3) is 5.91 Å². The summed E-state index contributed by atoms with van der Waals surface area (Å²) in [5.41, 5.74) is 3.92. The fourth-order valence-corrected chi connectivity index (χ4v) is 3.40. The van der Waals surface area contributed by atoms with E-state index >= 15 is 0 Å². The number of hydrogen-bond acceptors (Lipinski definition) is 4. The van der Waals surface area contributed by atoms with Gasteiger partial charge in [0.2, 0.25) is 0 Å². The predicted octanol–water partition coefficient (Wildman–Crippen LogP) is 3.41. The van der Waals surface area contributed by atoms with E-state index in [0.717, 1.165) is 35.7 Å². The van der Waals surface area contributed by atoms with Crippen molar-refractivity contribution in [2.45, 2.75) is 6.92 Å². The number of carbonyl (C=O) groups is 1. The Kier molecular flexibility index (Phi) is 4.83. The minimum atomic E-state index is 0.0937. The zero-order valence-corrected chi connectivity index (χ0v) is 15.4. The first kappa shape index (κ1) is 17.2. The zero-order chi connectivity index (χ0) is 18.6. The molecule has 2 heterocycles. The van der Waals surface area contributed by atoms with E-state index in [1.54, 1.807) is 0 Å². The van der Waals surface area contributed by atoms with Crippen LogP contribution < -0.4 is 4.90 Å². The molecule has 0 atom stereocenters. The van der Waals surface area contributed by atoms with E-state index in [9.17, 15) is 4.79 Å². The van der Waals surface area contributed by atoms with Crippen LogP contribution in [0.15, 0.2) is 66.7 Å². The molecule has 1 amide bonds.